The second kappa shape index (κ2) is 6.88. The van der Waals surface area contributed by atoms with Crippen molar-refractivity contribution >= 4 is 5.91 Å². The Kier molecular flexibility index (Phi) is 4.92. The standard InChI is InChI=1S/C15H17FN2O3/c1-3-20-13-5-4-11(14(16)9-13)8-15(19)18(2)10-12-6-7-21-17-12/h4-7,9H,3,8,10H2,1-2H3. The average molecular weight is 292 g/mol. The quantitative estimate of drug-likeness (QED) is 0.820. The van der Waals surface area contributed by atoms with Crippen LogP contribution >= 0.6 is 0 Å². The number of carbonyl (C=O) groups is 1. The molecule has 0 spiro atoms. The molecule has 1 aromatic heterocycles. The number of aromatic nitrogens is 1. The molecule has 1 amide bonds. The van der Waals surface area contributed by atoms with E-state index in [4.69, 9.17) is 9.26 Å². The number of hydrogen-bond donors (Lipinski definition) is 0. The lowest BCUT2D eigenvalue weighted by Gasteiger charge is -2.16. The van der Waals surface area contributed by atoms with Crippen LogP contribution in [0.15, 0.2) is 35.1 Å². The minimum absolute atomic E-state index is 0.00735. The fraction of sp³-hybridized carbons (Fsp3) is 0.333. The summed E-state index contributed by atoms with van der Waals surface area (Å²) >= 11 is 0. The van der Waals surface area contributed by atoms with Crippen molar-refractivity contribution in [3.05, 3.63) is 47.6 Å². The van der Waals surface area contributed by atoms with E-state index in [0.717, 1.165) is 0 Å². The first-order chi connectivity index (χ1) is 10.1. The highest BCUT2D eigenvalue weighted by Gasteiger charge is 2.14. The summed E-state index contributed by atoms with van der Waals surface area (Å²) in [5.74, 6) is -0.174. The molecule has 0 saturated carbocycles. The Morgan fingerprint density at radius 3 is 2.86 bits per heavy atom. The third-order valence-corrected chi connectivity index (χ3v) is 2.99. The molecule has 2 aromatic rings. The van der Waals surface area contributed by atoms with Crippen molar-refractivity contribution in [3.63, 3.8) is 0 Å². The van der Waals surface area contributed by atoms with Crippen molar-refractivity contribution < 1.29 is 18.4 Å². The zero-order valence-electron chi connectivity index (χ0n) is 12.0. The highest BCUT2D eigenvalue weighted by Crippen LogP contribution is 2.17. The smallest absolute Gasteiger partial charge is 0.227 e. The van der Waals surface area contributed by atoms with Crippen molar-refractivity contribution in [2.45, 2.75) is 19.9 Å². The molecule has 112 valence electrons. The zero-order chi connectivity index (χ0) is 15.2. The second-order valence-electron chi connectivity index (χ2n) is 4.60. The summed E-state index contributed by atoms with van der Waals surface area (Å²) in [5, 5.41) is 3.74. The summed E-state index contributed by atoms with van der Waals surface area (Å²) in [5.41, 5.74) is 0.994. The molecule has 6 heteroatoms. The van der Waals surface area contributed by atoms with Crippen LogP contribution in [0.4, 0.5) is 4.39 Å². The summed E-state index contributed by atoms with van der Waals surface area (Å²) in [4.78, 5) is 13.6. The fourth-order valence-electron chi connectivity index (χ4n) is 1.88. The Labute approximate surface area is 122 Å². The van der Waals surface area contributed by atoms with E-state index < -0.39 is 5.82 Å². The van der Waals surface area contributed by atoms with Gasteiger partial charge < -0.3 is 14.2 Å². The van der Waals surface area contributed by atoms with E-state index in [9.17, 15) is 9.18 Å². The molecular formula is C15H17FN2O3. The van der Waals surface area contributed by atoms with Crippen molar-refractivity contribution in [2.24, 2.45) is 0 Å². The van der Waals surface area contributed by atoms with Gasteiger partial charge >= 0.3 is 0 Å². The lowest BCUT2D eigenvalue weighted by atomic mass is 10.1. The SMILES string of the molecule is CCOc1ccc(CC(=O)N(C)Cc2ccon2)c(F)c1. The van der Waals surface area contributed by atoms with Gasteiger partial charge in [-0.3, -0.25) is 4.79 Å². The normalized spacial score (nSPS) is 10.4. The van der Waals surface area contributed by atoms with Crippen molar-refractivity contribution in [3.8, 4) is 5.75 Å². The van der Waals surface area contributed by atoms with Crippen LogP contribution in [-0.2, 0) is 17.8 Å². The molecule has 1 aromatic carbocycles. The molecule has 0 bridgehead atoms. The molecule has 0 radical (unpaired) electrons. The molecule has 0 aliphatic rings. The summed E-state index contributed by atoms with van der Waals surface area (Å²) in [6, 6.07) is 6.21. The molecule has 0 fully saturated rings. The van der Waals surface area contributed by atoms with E-state index in [-0.39, 0.29) is 12.3 Å². The predicted molar refractivity (Wildman–Crippen MR) is 74.3 cm³/mol. The van der Waals surface area contributed by atoms with Gasteiger partial charge in [-0.1, -0.05) is 11.2 Å². The number of rotatable bonds is 6. The van der Waals surface area contributed by atoms with Gasteiger partial charge in [0.05, 0.1) is 19.6 Å². The molecule has 0 N–H and O–H groups in total. The third kappa shape index (κ3) is 4.05. The molecular weight excluding hydrogens is 275 g/mol. The second-order valence-corrected chi connectivity index (χ2v) is 4.60. The first kappa shape index (κ1) is 15.0. The zero-order valence-corrected chi connectivity index (χ0v) is 12.0. The fourth-order valence-corrected chi connectivity index (χ4v) is 1.88. The molecule has 1 heterocycles. The molecule has 0 unspecified atom stereocenters. The summed E-state index contributed by atoms with van der Waals surface area (Å²) in [6.45, 7) is 2.63. The van der Waals surface area contributed by atoms with Crippen LogP contribution in [0.2, 0.25) is 0 Å². The van der Waals surface area contributed by atoms with Gasteiger partial charge in [0, 0.05) is 19.2 Å². The van der Waals surface area contributed by atoms with Crippen LogP contribution in [0.25, 0.3) is 0 Å². The van der Waals surface area contributed by atoms with Gasteiger partial charge in [0.15, 0.2) is 0 Å². The Bertz CT molecular complexity index is 599. The van der Waals surface area contributed by atoms with E-state index in [1.54, 1.807) is 25.2 Å². The Morgan fingerprint density at radius 2 is 2.24 bits per heavy atom. The third-order valence-electron chi connectivity index (χ3n) is 2.99. The number of nitrogens with zero attached hydrogens (tertiary/aromatic N) is 2. The lowest BCUT2D eigenvalue weighted by molar-refractivity contribution is -0.129. The Balaban J connectivity index is 1.98. The van der Waals surface area contributed by atoms with Crippen molar-refractivity contribution in [1.82, 2.24) is 10.1 Å². The van der Waals surface area contributed by atoms with Gasteiger partial charge in [0.2, 0.25) is 5.91 Å². The van der Waals surface area contributed by atoms with Crippen molar-refractivity contribution in [1.29, 1.82) is 0 Å². The topological polar surface area (TPSA) is 55.6 Å². The maximum absolute atomic E-state index is 13.9. The van der Waals surface area contributed by atoms with E-state index in [2.05, 4.69) is 5.16 Å². The highest BCUT2D eigenvalue weighted by atomic mass is 19.1. The van der Waals surface area contributed by atoms with Gasteiger partial charge in [-0.15, -0.1) is 0 Å². The molecule has 2 rings (SSSR count). The number of halogens is 1. The maximum Gasteiger partial charge on any atom is 0.227 e. The van der Waals surface area contributed by atoms with Crippen LogP contribution in [0, 0.1) is 5.82 Å². The molecule has 0 atom stereocenters. The maximum atomic E-state index is 13.9. The lowest BCUT2D eigenvalue weighted by Crippen LogP contribution is -2.28. The summed E-state index contributed by atoms with van der Waals surface area (Å²) in [6.07, 6.45) is 1.44. The highest BCUT2D eigenvalue weighted by molar-refractivity contribution is 5.78. The van der Waals surface area contributed by atoms with Crippen LogP contribution in [0.5, 0.6) is 5.75 Å². The molecule has 0 aliphatic carbocycles. The van der Waals surface area contributed by atoms with E-state index in [0.29, 0.717) is 30.2 Å². The summed E-state index contributed by atoms with van der Waals surface area (Å²) in [7, 11) is 1.64. The monoisotopic (exact) mass is 292 g/mol. The van der Waals surface area contributed by atoms with Gasteiger partial charge in [-0.05, 0) is 18.6 Å². The number of likely N-dealkylation sites (N-methyl/N-ethyl adjacent to an activating group) is 1. The van der Waals surface area contributed by atoms with Gasteiger partial charge in [0.25, 0.3) is 0 Å². The first-order valence-electron chi connectivity index (χ1n) is 6.64. The predicted octanol–water partition coefficient (Wildman–Crippen LogP) is 2.41. The van der Waals surface area contributed by atoms with Gasteiger partial charge in [-0.25, -0.2) is 4.39 Å². The van der Waals surface area contributed by atoms with Gasteiger partial charge in [-0.2, -0.15) is 0 Å². The van der Waals surface area contributed by atoms with E-state index in [1.807, 2.05) is 6.92 Å². The molecule has 5 nitrogen and oxygen atoms in total. The van der Waals surface area contributed by atoms with Crippen LogP contribution < -0.4 is 4.74 Å². The number of ether oxygens (including phenoxy) is 1. The van der Waals surface area contributed by atoms with Crippen LogP contribution in [-0.4, -0.2) is 29.6 Å². The van der Waals surface area contributed by atoms with E-state index >= 15 is 0 Å². The minimum atomic E-state index is -0.441. The Hall–Kier alpha value is -2.37. The summed E-state index contributed by atoms with van der Waals surface area (Å²) < 4.78 is 23.8. The minimum Gasteiger partial charge on any atom is -0.494 e. The molecule has 0 saturated heterocycles. The van der Waals surface area contributed by atoms with Crippen molar-refractivity contribution in [2.75, 3.05) is 13.7 Å². The number of benzene rings is 1. The van der Waals surface area contributed by atoms with E-state index in [1.165, 1.54) is 17.2 Å². The average Bonchev–Trinajstić information content (AvgIpc) is 2.95. The van der Waals surface area contributed by atoms with Gasteiger partial charge in [0.1, 0.15) is 23.5 Å². The van der Waals surface area contributed by atoms with Crippen LogP contribution in [0.3, 0.4) is 0 Å². The first-order valence-corrected chi connectivity index (χ1v) is 6.64. The van der Waals surface area contributed by atoms with Crippen LogP contribution in [0.1, 0.15) is 18.2 Å². The number of carbonyl (C=O) groups excluding carboxylic acids is 1. The number of hydrogen-bond acceptors (Lipinski definition) is 4. The molecule has 21 heavy (non-hydrogen) atoms. The number of amides is 1. The Morgan fingerprint density at radius 1 is 1.43 bits per heavy atom. The molecule has 0 aliphatic heterocycles. The largest absolute Gasteiger partial charge is 0.494 e.